The number of anilines is 1. The molecule has 0 aromatic heterocycles. The molecule has 3 aliphatic rings. The quantitative estimate of drug-likeness (QED) is 0.532. The zero-order valence-electron chi connectivity index (χ0n) is 18.6. The molecule has 2 aromatic rings. The van der Waals surface area contributed by atoms with Gasteiger partial charge in [-0.05, 0) is 60.7 Å². The van der Waals surface area contributed by atoms with Crippen molar-refractivity contribution in [3.8, 4) is 0 Å². The second-order valence-corrected chi connectivity index (χ2v) is 10.5. The van der Waals surface area contributed by atoms with E-state index >= 15 is 0 Å². The molecule has 1 saturated heterocycles. The van der Waals surface area contributed by atoms with E-state index in [0.29, 0.717) is 43.4 Å². The molecule has 1 N–H and O–H groups in total. The number of allylic oxidation sites excluding steroid dienone is 2. The van der Waals surface area contributed by atoms with Gasteiger partial charge in [-0.25, -0.2) is 13.2 Å². The van der Waals surface area contributed by atoms with Crippen molar-refractivity contribution < 1.29 is 22.7 Å². The molecule has 1 fully saturated rings. The number of ether oxygens (including phenoxy) is 2. The van der Waals surface area contributed by atoms with Crippen LogP contribution in [0.5, 0.6) is 0 Å². The topological polar surface area (TPSA) is 84.9 Å². The fraction of sp³-hybridized carbons (Fsp3) is 0.400. The summed E-state index contributed by atoms with van der Waals surface area (Å²) in [5, 5.41) is 3.64. The average molecular weight is 469 g/mol. The standard InChI is InChI=1S/C25H28N2O5S/c1-2-32-25(28)18-8-11-23-22(16-18)20-4-3-5-21(20)24(26-23)17-6-9-19(10-7-17)33(29,30)27-12-14-31-15-13-27/h3-4,6-11,16,20-21,24,26H,2,5,12-15H2,1H3/t20-,21+,24+/m1/s1. The fourth-order valence-electron chi connectivity index (χ4n) is 5.05. The number of nitrogens with one attached hydrogen (secondary N) is 1. The third-order valence-corrected chi connectivity index (χ3v) is 8.63. The SMILES string of the molecule is CCOC(=O)c1ccc2c(c1)[C@@H]1C=CC[C@@H]1[C@H](c1ccc(S(=O)(=O)N3CCOCC3)cc1)N2. The summed E-state index contributed by atoms with van der Waals surface area (Å²) in [6.45, 7) is 3.77. The van der Waals surface area contributed by atoms with Gasteiger partial charge in [0.05, 0.1) is 36.3 Å². The first-order valence-electron chi connectivity index (χ1n) is 11.4. The van der Waals surface area contributed by atoms with E-state index in [1.807, 2.05) is 24.3 Å². The summed E-state index contributed by atoms with van der Waals surface area (Å²) in [6, 6.07) is 13.0. The van der Waals surface area contributed by atoms with Gasteiger partial charge in [-0.1, -0.05) is 24.3 Å². The molecule has 33 heavy (non-hydrogen) atoms. The predicted octanol–water partition coefficient (Wildman–Crippen LogP) is 3.71. The maximum Gasteiger partial charge on any atom is 0.338 e. The first-order chi connectivity index (χ1) is 16.0. The number of benzene rings is 2. The highest BCUT2D eigenvalue weighted by molar-refractivity contribution is 7.89. The van der Waals surface area contributed by atoms with Crippen LogP contribution in [0, 0.1) is 5.92 Å². The molecule has 2 heterocycles. The second-order valence-electron chi connectivity index (χ2n) is 8.58. The van der Waals surface area contributed by atoms with Crippen LogP contribution >= 0.6 is 0 Å². The zero-order valence-corrected chi connectivity index (χ0v) is 19.4. The maximum atomic E-state index is 13.0. The highest BCUT2D eigenvalue weighted by atomic mass is 32.2. The zero-order chi connectivity index (χ0) is 23.0. The highest BCUT2D eigenvalue weighted by Crippen LogP contribution is 2.50. The van der Waals surface area contributed by atoms with Crippen LogP contribution in [-0.4, -0.2) is 51.6 Å². The molecule has 0 radical (unpaired) electrons. The van der Waals surface area contributed by atoms with E-state index < -0.39 is 10.0 Å². The number of carbonyl (C=O) groups excluding carboxylic acids is 1. The molecule has 0 spiro atoms. The minimum atomic E-state index is -3.52. The van der Waals surface area contributed by atoms with Crippen molar-refractivity contribution >= 4 is 21.7 Å². The van der Waals surface area contributed by atoms with Gasteiger partial charge < -0.3 is 14.8 Å². The number of esters is 1. The smallest absolute Gasteiger partial charge is 0.338 e. The Hall–Kier alpha value is -2.68. The lowest BCUT2D eigenvalue weighted by atomic mass is 9.76. The van der Waals surface area contributed by atoms with Gasteiger partial charge >= 0.3 is 5.97 Å². The van der Waals surface area contributed by atoms with E-state index in [4.69, 9.17) is 9.47 Å². The van der Waals surface area contributed by atoms with Crippen molar-refractivity contribution in [1.82, 2.24) is 4.31 Å². The summed E-state index contributed by atoms with van der Waals surface area (Å²) in [7, 11) is -3.52. The number of fused-ring (bicyclic) bond motifs is 3. The van der Waals surface area contributed by atoms with Gasteiger partial charge in [-0.2, -0.15) is 4.31 Å². The Morgan fingerprint density at radius 3 is 2.64 bits per heavy atom. The van der Waals surface area contributed by atoms with Crippen molar-refractivity contribution in [2.45, 2.75) is 30.2 Å². The molecule has 5 rings (SSSR count). The normalized spacial score (nSPS) is 24.6. The molecule has 0 amide bonds. The largest absolute Gasteiger partial charge is 0.462 e. The molecule has 0 unspecified atom stereocenters. The Morgan fingerprint density at radius 2 is 1.91 bits per heavy atom. The average Bonchev–Trinajstić information content (AvgIpc) is 3.34. The third kappa shape index (κ3) is 4.07. The highest BCUT2D eigenvalue weighted by Gasteiger charge is 2.38. The molecule has 1 aliphatic carbocycles. The summed E-state index contributed by atoms with van der Waals surface area (Å²) >= 11 is 0. The van der Waals surface area contributed by atoms with Crippen LogP contribution in [0.2, 0.25) is 0 Å². The van der Waals surface area contributed by atoms with Crippen molar-refractivity contribution in [2.24, 2.45) is 5.92 Å². The van der Waals surface area contributed by atoms with Gasteiger partial charge in [0, 0.05) is 24.7 Å². The minimum absolute atomic E-state index is 0.0473. The number of hydrogen-bond acceptors (Lipinski definition) is 6. The molecular formula is C25H28N2O5S. The fourth-order valence-corrected chi connectivity index (χ4v) is 6.46. The number of rotatable bonds is 5. The Balaban J connectivity index is 1.41. The summed E-state index contributed by atoms with van der Waals surface area (Å²) in [4.78, 5) is 12.5. The maximum absolute atomic E-state index is 13.0. The first kappa shape index (κ1) is 22.1. The second kappa shape index (κ2) is 8.93. The molecule has 8 heteroatoms. The van der Waals surface area contributed by atoms with Gasteiger partial charge in [0.25, 0.3) is 0 Å². The van der Waals surface area contributed by atoms with E-state index in [1.165, 1.54) is 4.31 Å². The van der Waals surface area contributed by atoms with Crippen LogP contribution in [0.25, 0.3) is 0 Å². The summed E-state index contributed by atoms with van der Waals surface area (Å²) < 4.78 is 37.9. The Bertz CT molecular complexity index is 1170. The number of carbonyl (C=O) groups is 1. The molecular weight excluding hydrogens is 440 g/mol. The lowest BCUT2D eigenvalue weighted by molar-refractivity contribution is 0.0526. The summed E-state index contributed by atoms with van der Waals surface area (Å²) in [5.41, 5.74) is 3.70. The van der Waals surface area contributed by atoms with Crippen LogP contribution in [0.4, 0.5) is 5.69 Å². The van der Waals surface area contributed by atoms with Gasteiger partial charge in [-0.15, -0.1) is 0 Å². The Labute approximate surface area is 194 Å². The summed E-state index contributed by atoms with van der Waals surface area (Å²) in [6.07, 6.45) is 5.32. The van der Waals surface area contributed by atoms with E-state index in [-0.39, 0.29) is 23.8 Å². The van der Waals surface area contributed by atoms with Crippen LogP contribution in [0.1, 0.15) is 46.8 Å². The molecule has 0 bridgehead atoms. The third-order valence-electron chi connectivity index (χ3n) is 6.72. The Kier molecular flexibility index (Phi) is 5.99. The predicted molar refractivity (Wildman–Crippen MR) is 125 cm³/mol. The van der Waals surface area contributed by atoms with Crippen molar-refractivity contribution in [3.63, 3.8) is 0 Å². The lowest BCUT2D eigenvalue weighted by Crippen LogP contribution is -2.40. The lowest BCUT2D eigenvalue weighted by Gasteiger charge is -2.37. The van der Waals surface area contributed by atoms with Crippen LogP contribution in [-0.2, 0) is 19.5 Å². The summed E-state index contributed by atoms with van der Waals surface area (Å²) in [5.74, 6) is 0.173. The molecule has 2 aliphatic heterocycles. The van der Waals surface area contributed by atoms with Crippen molar-refractivity contribution in [1.29, 1.82) is 0 Å². The monoisotopic (exact) mass is 468 g/mol. The van der Waals surface area contributed by atoms with E-state index in [9.17, 15) is 13.2 Å². The van der Waals surface area contributed by atoms with Crippen molar-refractivity contribution in [2.75, 3.05) is 38.2 Å². The van der Waals surface area contributed by atoms with Crippen LogP contribution in [0.15, 0.2) is 59.5 Å². The van der Waals surface area contributed by atoms with E-state index in [2.05, 4.69) is 17.5 Å². The number of nitrogens with zero attached hydrogens (tertiary/aromatic N) is 1. The molecule has 174 valence electrons. The van der Waals surface area contributed by atoms with Crippen molar-refractivity contribution in [3.05, 3.63) is 71.3 Å². The van der Waals surface area contributed by atoms with Gasteiger partial charge in [0.2, 0.25) is 10.0 Å². The van der Waals surface area contributed by atoms with Gasteiger partial charge in [0.15, 0.2) is 0 Å². The minimum Gasteiger partial charge on any atom is -0.462 e. The van der Waals surface area contributed by atoms with Gasteiger partial charge in [-0.3, -0.25) is 0 Å². The van der Waals surface area contributed by atoms with E-state index in [0.717, 1.165) is 23.2 Å². The van der Waals surface area contributed by atoms with E-state index in [1.54, 1.807) is 25.1 Å². The molecule has 7 nitrogen and oxygen atoms in total. The molecule has 2 aromatic carbocycles. The number of hydrogen-bond donors (Lipinski definition) is 1. The first-order valence-corrected chi connectivity index (χ1v) is 12.8. The number of sulfonamides is 1. The van der Waals surface area contributed by atoms with Gasteiger partial charge in [0.1, 0.15) is 0 Å². The molecule has 3 atom stereocenters. The molecule has 0 saturated carbocycles. The Morgan fingerprint density at radius 1 is 1.15 bits per heavy atom. The number of morpholine rings is 1. The van der Waals surface area contributed by atoms with Crippen LogP contribution < -0.4 is 5.32 Å². The van der Waals surface area contributed by atoms with Crippen LogP contribution in [0.3, 0.4) is 0 Å².